The Balaban J connectivity index is 1.61. The van der Waals surface area contributed by atoms with Gasteiger partial charge in [0, 0.05) is 30.8 Å². The van der Waals surface area contributed by atoms with Crippen LogP contribution < -0.4 is 25.4 Å². The van der Waals surface area contributed by atoms with Crippen LogP contribution in [-0.2, 0) is 14.4 Å². The molecule has 0 bridgehead atoms. The standard InChI is InChI=1S/C22H23N3O5/c1-29-19-13-16(7-10-18(19)25-12-2-3-22(25)28)24-21(27)11-6-15-4-8-17(9-5-15)30-14-20(23)26/h4-11,13H,2-3,12,14H2,1H3,(H2,23,26)(H,24,27)/b11-6+. The number of nitrogens with zero attached hydrogens (tertiary/aromatic N) is 1. The van der Waals surface area contributed by atoms with E-state index in [-0.39, 0.29) is 18.4 Å². The van der Waals surface area contributed by atoms with Crippen LogP contribution in [0.4, 0.5) is 11.4 Å². The fraction of sp³-hybridized carbons (Fsp3) is 0.227. The Bertz CT molecular complexity index is 969. The molecule has 3 rings (SSSR count). The van der Waals surface area contributed by atoms with E-state index in [1.165, 1.54) is 13.2 Å². The number of hydrogen-bond donors (Lipinski definition) is 2. The third-order valence-corrected chi connectivity index (χ3v) is 4.50. The van der Waals surface area contributed by atoms with Crippen molar-refractivity contribution in [3.63, 3.8) is 0 Å². The smallest absolute Gasteiger partial charge is 0.255 e. The molecule has 1 heterocycles. The fourth-order valence-electron chi connectivity index (χ4n) is 3.07. The highest BCUT2D eigenvalue weighted by atomic mass is 16.5. The van der Waals surface area contributed by atoms with Crippen LogP contribution in [0.5, 0.6) is 11.5 Å². The van der Waals surface area contributed by atoms with Gasteiger partial charge in [0.1, 0.15) is 11.5 Å². The molecular weight excluding hydrogens is 386 g/mol. The predicted octanol–water partition coefficient (Wildman–Crippen LogP) is 2.34. The zero-order valence-corrected chi connectivity index (χ0v) is 16.6. The molecule has 8 nitrogen and oxygen atoms in total. The summed E-state index contributed by atoms with van der Waals surface area (Å²) in [5, 5.41) is 2.77. The van der Waals surface area contributed by atoms with Gasteiger partial charge in [-0.15, -0.1) is 0 Å². The van der Waals surface area contributed by atoms with Crippen molar-refractivity contribution in [3.05, 3.63) is 54.1 Å². The summed E-state index contributed by atoms with van der Waals surface area (Å²) >= 11 is 0. The van der Waals surface area contributed by atoms with Crippen molar-refractivity contribution in [1.29, 1.82) is 0 Å². The van der Waals surface area contributed by atoms with E-state index >= 15 is 0 Å². The van der Waals surface area contributed by atoms with Crippen LogP contribution in [0.1, 0.15) is 18.4 Å². The molecule has 0 unspecified atom stereocenters. The van der Waals surface area contributed by atoms with Crippen LogP contribution in [0.2, 0.25) is 0 Å². The van der Waals surface area contributed by atoms with Gasteiger partial charge in [0.15, 0.2) is 6.61 Å². The Morgan fingerprint density at radius 3 is 2.60 bits per heavy atom. The number of amides is 3. The van der Waals surface area contributed by atoms with Crippen LogP contribution in [0.3, 0.4) is 0 Å². The molecule has 0 aromatic heterocycles. The number of hydrogen-bond acceptors (Lipinski definition) is 5. The van der Waals surface area contributed by atoms with Crippen LogP contribution in [0, 0.1) is 0 Å². The van der Waals surface area contributed by atoms with Crippen LogP contribution in [-0.4, -0.2) is 38.0 Å². The highest BCUT2D eigenvalue weighted by Gasteiger charge is 2.24. The lowest BCUT2D eigenvalue weighted by molar-refractivity contribution is -0.120. The Morgan fingerprint density at radius 1 is 1.20 bits per heavy atom. The summed E-state index contributed by atoms with van der Waals surface area (Å²) in [6.07, 6.45) is 4.42. The van der Waals surface area contributed by atoms with Gasteiger partial charge >= 0.3 is 0 Å². The Morgan fingerprint density at radius 2 is 1.97 bits per heavy atom. The second kappa shape index (κ2) is 9.60. The summed E-state index contributed by atoms with van der Waals surface area (Å²) in [5.41, 5.74) is 7.09. The van der Waals surface area contributed by atoms with Crippen molar-refractivity contribution >= 4 is 35.2 Å². The van der Waals surface area contributed by atoms with E-state index in [1.54, 1.807) is 53.4 Å². The summed E-state index contributed by atoms with van der Waals surface area (Å²) in [6, 6.07) is 12.1. The normalized spacial score (nSPS) is 13.5. The number of benzene rings is 2. The van der Waals surface area contributed by atoms with Gasteiger partial charge < -0.3 is 25.4 Å². The molecular formula is C22H23N3O5. The lowest BCUT2D eigenvalue weighted by Crippen LogP contribution is -2.24. The topological polar surface area (TPSA) is 111 Å². The average Bonchev–Trinajstić information content (AvgIpc) is 3.17. The second-order valence-electron chi connectivity index (χ2n) is 6.68. The monoisotopic (exact) mass is 409 g/mol. The maximum Gasteiger partial charge on any atom is 0.255 e. The highest BCUT2D eigenvalue weighted by molar-refractivity contribution is 6.02. The minimum absolute atomic E-state index is 0.0686. The molecule has 1 aliphatic heterocycles. The molecule has 3 amide bonds. The molecule has 1 saturated heterocycles. The van der Waals surface area contributed by atoms with E-state index in [1.807, 2.05) is 0 Å². The van der Waals surface area contributed by atoms with Crippen molar-refractivity contribution in [2.45, 2.75) is 12.8 Å². The lowest BCUT2D eigenvalue weighted by Gasteiger charge is -2.19. The summed E-state index contributed by atoms with van der Waals surface area (Å²) in [4.78, 5) is 36.6. The van der Waals surface area contributed by atoms with E-state index < -0.39 is 5.91 Å². The first kappa shape index (κ1) is 20.9. The number of anilines is 2. The highest BCUT2D eigenvalue weighted by Crippen LogP contribution is 2.33. The van der Waals surface area contributed by atoms with Crippen molar-refractivity contribution in [2.75, 3.05) is 30.5 Å². The maximum atomic E-state index is 12.2. The zero-order chi connectivity index (χ0) is 21.5. The lowest BCUT2D eigenvalue weighted by atomic mass is 10.2. The molecule has 0 radical (unpaired) electrons. The third kappa shape index (κ3) is 5.38. The molecule has 2 aromatic carbocycles. The molecule has 0 spiro atoms. The first-order valence-electron chi connectivity index (χ1n) is 9.45. The number of nitrogens with one attached hydrogen (secondary N) is 1. The Hall–Kier alpha value is -3.81. The van der Waals surface area contributed by atoms with Gasteiger partial charge in [0.05, 0.1) is 12.8 Å². The summed E-state index contributed by atoms with van der Waals surface area (Å²) < 4.78 is 10.6. The molecule has 1 fully saturated rings. The van der Waals surface area contributed by atoms with E-state index in [4.69, 9.17) is 15.2 Å². The van der Waals surface area contributed by atoms with Gasteiger partial charge in [-0.3, -0.25) is 14.4 Å². The van der Waals surface area contributed by atoms with E-state index in [9.17, 15) is 14.4 Å². The molecule has 30 heavy (non-hydrogen) atoms. The van der Waals surface area contributed by atoms with Crippen molar-refractivity contribution in [1.82, 2.24) is 0 Å². The average molecular weight is 409 g/mol. The minimum atomic E-state index is -0.549. The van der Waals surface area contributed by atoms with Gasteiger partial charge in [0.2, 0.25) is 11.8 Å². The number of carbonyl (C=O) groups is 3. The van der Waals surface area contributed by atoms with Crippen molar-refractivity contribution in [2.24, 2.45) is 5.73 Å². The zero-order valence-electron chi connectivity index (χ0n) is 16.6. The van der Waals surface area contributed by atoms with Crippen LogP contribution in [0.25, 0.3) is 6.08 Å². The second-order valence-corrected chi connectivity index (χ2v) is 6.68. The maximum absolute atomic E-state index is 12.2. The molecule has 0 aliphatic carbocycles. The number of methoxy groups -OCH3 is 1. The Labute approximate surface area is 174 Å². The molecule has 2 aromatic rings. The van der Waals surface area contributed by atoms with Gasteiger partial charge in [-0.05, 0) is 42.3 Å². The summed E-state index contributed by atoms with van der Waals surface area (Å²) in [6.45, 7) is 0.474. The van der Waals surface area contributed by atoms with Crippen molar-refractivity contribution in [3.8, 4) is 11.5 Å². The number of carbonyl (C=O) groups excluding carboxylic acids is 3. The minimum Gasteiger partial charge on any atom is -0.494 e. The summed E-state index contributed by atoms with van der Waals surface area (Å²) in [7, 11) is 1.53. The molecule has 8 heteroatoms. The quantitative estimate of drug-likeness (QED) is 0.650. The molecule has 156 valence electrons. The van der Waals surface area contributed by atoms with Gasteiger partial charge in [-0.1, -0.05) is 12.1 Å². The number of ether oxygens (including phenoxy) is 2. The van der Waals surface area contributed by atoms with E-state index in [2.05, 4.69) is 5.32 Å². The SMILES string of the molecule is COc1cc(NC(=O)/C=C/c2ccc(OCC(N)=O)cc2)ccc1N1CCCC1=O. The van der Waals surface area contributed by atoms with Crippen LogP contribution >= 0.6 is 0 Å². The van der Waals surface area contributed by atoms with Crippen LogP contribution in [0.15, 0.2) is 48.5 Å². The number of rotatable bonds is 8. The third-order valence-electron chi connectivity index (χ3n) is 4.50. The van der Waals surface area contributed by atoms with E-state index in [0.717, 1.165) is 12.0 Å². The first-order valence-corrected chi connectivity index (χ1v) is 9.45. The van der Waals surface area contributed by atoms with Gasteiger partial charge in [0.25, 0.3) is 5.91 Å². The van der Waals surface area contributed by atoms with Crippen molar-refractivity contribution < 1.29 is 23.9 Å². The first-order chi connectivity index (χ1) is 14.5. The number of primary amides is 1. The molecule has 1 aliphatic rings. The molecule has 0 atom stereocenters. The molecule has 0 saturated carbocycles. The van der Waals surface area contributed by atoms with Gasteiger partial charge in [-0.25, -0.2) is 0 Å². The largest absolute Gasteiger partial charge is 0.494 e. The summed E-state index contributed by atoms with van der Waals surface area (Å²) in [5.74, 6) is 0.250. The Kier molecular flexibility index (Phi) is 6.69. The fourth-order valence-corrected chi connectivity index (χ4v) is 3.07. The van der Waals surface area contributed by atoms with Gasteiger partial charge in [-0.2, -0.15) is 0 Å². The molecule has 3 N–H and O–H groups in total. The number of nitrogens with two attached hydrogens (primary N) is 1. The predicted molar refractivity (Wildman–Crippen MR) is 113 cm³/mol. The van der Waals surface area contributed by atoms with E-state index in [0.29, 0.717) is 35.8 Å².